The summed E-state index contributed by atoms with van der Waals surface area (Å²) in [5, 5.41) is 4.38. The van der Waals surface area contributed by atoms with E-state index in [9.17, 15) is 0 Å². The first-order valence-electron chi connectivity index (χ1n) is 6.21. The zero-order valence-corrected chi connectivity index (χ0v) is 10.9. The van der Waals surface area contributed by atoms with Gasteiger partial charge >= 0.3 is 0 Å². The molecule has 2 atom stereocenters. The van der Waals surface area contributed by atoms with Crippen molar-refractivity contribution in [2.75, 3.05) is 13.6 Å². The van der Waals surface area contributed by atoms with Crippen LogP contribution >= 0.6 is 11.3 Å². The molecule has 1 aliphatic carbocycles. The second-order valence-corrected chi connectivity index (χ2v) is 5.82. The maximum absolute atomic E-state index is 6.18. The first kappa shape index (κ1) is 12.1. The number of hydrogen-bond donors (Lipinski definition) is 1. The van der Waals surface area contributed by atoms with Crippen molar-refractivity contribution >= 4 is 11.3 Å². The summed E-state index contributed by atoms with van der Waals surface area (Å²) in [5.74, 6) is 0.706. The van der Waals surface area contributed by atoms with Crippen LogP contribution in [0.4, 0.5) is 0 Å². The highest BCUT2D eigenvalue weighted by atomic mass is 32.1. The molecule has 2 nitrogen and oxygen atoms in total. The molecule has 1 aliphatic rings. The third-order valence-electron chi connectivity index (χ3n) is 3.55. The standard InChI is InChI=1S/C13H22N2S/c1-15(8-11-6-7-16-10-11)9-12-4-2-3-5-13(12)14/h6-7,10,12-13H,2-5,8-9,14H2,1H3. The number of thiophene rings is 1. The molecule has 0 aromatic carbocycles. The monoisotopic (exact) mass is 238 g/mol. The third kappa shape index (κ3) is 3.30. The van der Waals surface area contributed by atoms with Crippen LogP contribution < -0.4 is 5.73 Å². The molecule has 0 amide bonds. The van der Waals surface area contributed by atoms with Crippen LogP contribution in [0, 0.1) is 5.92 Å². The Morgan fingerprint density at radius 1 is 1.44 bits per heavy atom. The van der Waals surface area contributed by atoms with Gasteiger partial charge in [0, 0.05) is 19.1 Å². The van der Waals surface area contributed by atoms with Crippen LogP contribution in [0.1, 0.15) is 31.2 Å². The molecule has 2 rings (SSSR count). The Balaban J connectivity index is 1.79. The van der Waals surface area contributed by atoms with Gasteiger partial charge in [-0.1, -0.05) is 12.8 Å². The van der Waals surface area contributed by atoms with Crippen molar-refractivity contribution in [1.29, 1.82) is 0 Å². The number of nitrogens with zero attached hydrogens (tertiary/aromatic N) is 1. The molecule has 0 aliphatic heterocycles. The van der Waals surface area contributed by atoms with E-state index in [2.05, 4.69) is 28.8 Å². The summed E-state index contributed by atoms with van der Waals surface area (Å²) < 4.78 is 0. The van der Waals surface area contributed by atoms with Crippen molar-refractivity contribution in [3.8, 4) is 0 Å². The van der Waals surface area contributed by atoms with Gasteiger partial charge in [0.2, 0.25) is 0 Å². The molecule has 2 unspecified atom stereocenters. The Hall–Kier alpha value is -0.380. The van der Waals surface area contributed by atoms with Crippen LogP contribution in [0.25, 0.3) is 0 Å². The van der Waals surface area contributed by atoms with Gasteiger partial charge in [-0.3, -0.25) is 0 Å². The topological polar surface area (TPSA) is 29.3 Å². The molecular formula is C13H22N2S. The normalized spacial score (nSPS) is 26.2. The lowest BCUT2D eigenvalue weighted by Crippen LogP contribution is -2.39. The molecule has 0 spiro atoms. The lowest BCUT2D eigenvalue weighted by atomic mass is 9.85. The van der Waals surface area contributed by atoms with Crippen molar-refractivity contribution in [2.24, 2.45) is 11.7 Å². The molecule has 3 heteroatoms. The van der Waals surface area contributed by atoms with Gasteiger partial charge in [-0.25, -0.2) is 0 Å². The van der Waals surface area contributed by atoms with Crippen LogP contribution in [-0.2, 0) is 6.54 Å². The molecule has 1 aromatic rings. The highest BCUT2D eigenvalue weighted by Gasteiger charge is 2.22. The molecule has 1 heterocycles. The fourth-order valence-electron chi connectivity index (χ4n) is 2.62. The van der Waals surface area contributed by atoms with E-state index < -0.39 is 0 Å². The number of hydrogen-bond acceptors (Lipinski definition) is 3. The van der Waals surface area contributed by atoms with E-state index in [-0.39, 0.29) is 0 Å². The highest BCUT2D eigenvalue weighted by Crippen LogP contribution is 2.24. The highest BCUT2D eigenvalue weighted by molar-refractivity contribution is 7.07. The van der Waals surface area contributed by atoms with E-state index in [1.165, 1.54) is 31.2 Å². The van der Waals surface area contributed by atoms with Gasteiger partial charge in [-0.2, -0.15) is 11.3 Å². The Labute approximate surface area is 102 Å². The molecule has 0 bridgehead atoms. The van der Waals surface area contributed by atoms with Gasteiger partial charge in [0.05, 0.1) is 0 Å². The van der Waals surface area contributed by atoms with E-state index >= 15 is 0 Å². The molecule has 2 N–H and O–H groups in total. The largest absolute Gasteiger partial charge is 0.327 e. The van der Waals surface area contributed by atoms with E-state index in [0.29, 0.717) is 12.0 Å². The van der Waals surface area contributed by atoms with Gasteiger partial charge in [-0.05, 0) is 48.2 Å². The summed E-state index contributed by atoms with van der Waals surface area (Å²) in [5.41, 5.74) is 7.60. The predicted molar refractivity (Wildman–Crippen MR) is 70.6 cm³/mol. The fourth-order valence-corrected chi connectivity index (χ4v) is 3.28. The van der Waals surface area contributed by atoms with Gasteiger partial charge in [-0.15, -0.1) is 0 Å². The molecule has 16 heavy (non-hydrogen) atoms. The Morgan fingerprint density at radius 2 is 2.25 bits per heavy atom. The van der Waals surface area contributed by atoms with Crippen LogP contribution in [-0.4, -0.2) is 24.5 Å². The van der Waals surface area contributed by atoms with Crippen molar-refractivity contribution in [3.63, 3.8) is 0 Å². The molecule has 0 saturated heterocycles. The second-order valence-electron chi connectivity index (χ2n) is 5.04. The van der Waals surface area contributed by atoms with E-state index in [4.69, 9.17) is 5.73 Å². The van der Waals surface area contributed by atoms with Crippen molar-refractivity contribution in [3.05, 3.63) is 22.4 Å². The lowest BCUT2D eigenvalue weighted by molar-refractivity contribution is 0.206. The van der Waals surface area contributed by atoms with Crippen LogP contribution in [0.3, 0.4) is 0 Å². The van der Waals surface area contributed by atoms with E-state index in [1.807, 2.05) is 0 Å². The number of nitrogens with two attached hydrogens (primary N) is 1. The maximum Gasteiger partial charge on any atom is 0.0239 e. The summed E-state index contributed by atoms with van der Waals surface area (Å²) in [4.78, 5) is 2.41. The SMILES string of the molecule is CN(Cc1ccsc1)CC1CCCCC1N. The lowest BCUT2D eigenvalue weighted by Gasteiger charge is -2.31. The molecule has 1 saturated carbocycles. The Bertz CT molecular complexity index is 297. The quantitative estimate of drug-likeness (QED) is 0.874. The zero-order valence-electron chi connectivity index (χ0n) is 10.1. The average molecular weight is 238 g/mol. The summed E-state index contributed by atoms with van der Waals surface area (Å²) in [6.45, 7) is 2.21. The second kappa shape index (κ2) is 5.80. The Morgan fingerprint density at radius 3 is 2.94 bits per heavy atom. The molecule has 0 radical (unpaired) electrons. The maximum atomic E-state index is 6.18. The minimum Gasteiger partial charge on any atom is -0.327 e. The van der Waals surface area contributed by atoms with E-state index in [0.717, 1.165) is 13.1 Å². The van der Waals surface area contributed by atoms with Crippen LogP contribution in [0.15, 0.2) is 16.8 Å². The van der Waals surface area contributed by atoms with Gasteiger partial charge in [0.1, 0.15) is 0 Å². The van der Waals surface area contributed by atoms with Crippen molar-refractivity contribution in [1.82, 2.24) is 4.90 Å². The van der Waals surface area contributed by atoms with Crippen molar-refractivity contribution < 1.29 is 0 Å². The zero-order chi connectivity index (χ0) is 11.4. The summed E-state index contributed by atoms with van der Waals surface area (Å²) in [7, 11) is 2.21. The molecule has 1 fully saturated rings. The molecule has 1 aromatic heterocycles. The van der Waals surface area contributed by atoms with Gasteiger partial charge in [0.25, 0.3) is 0 Å². The number of rotatable bonds is 4. The third-order valence-corrected chi connectivity index (χ3v) is 4.28. The first-order chi connectivity index (χ1) is 7.75. The van der Waals surface area contributed by atoms with Gasteiger partial charge in [0.15, 0.2) is 0 Å². The molecule has 90 valence electrons. The van der Waals surface area contributed by atoms with Gasteiger partial charge < -0.3 is 10.6 Å². The smallest absolute Gasteiger partial charge is 0.0239 e. The summed E-state index contributed by atoms with van der Waals surface area (Å²) in [6, 6.07) is 2.64. The van der Waals surface area contributed by atoms with Crippen LogP contribution in [0.2, 0.25) is 0 Å². The predicted octanol–water partition coefficient (Wildman–Crippen LogP) is 2.70. The average Bonchev–Trinajstić information content (AvgIpc) is 2.74. The minimum atomic E-state index is 0.429. The Kier molecular flexibility index (Phi) is 4.38. The fraction of sp³-hybridized carbons (Fsp3) is 0.692. The van der Waals surface area contributed by atoms with Crippen molar-refractivity contribution in [2.45, 2.75) is 38.3 Å². The minimum absolute atomic E-state index is 0.429. The molecular weight excluding hydrogens is 216 g/mol. The van der Waals surface area contributed by atoms with E-state index in [1.54, 1.807) is 11.3 Å². The first-order valence-corrected chi connectivity index (χ1v) is 7.15. The summed E-state index contributed by atoms with van der Waals surface area (Å²) in [6.07, 6.45) is 5.22. The van der Waals surface area contributed by atoms with Crippen LogP contribution in [0.5, 0.6) is 0 Å². The summed E-state index contributed by atoms with van der Waals surface area (Å²) >= 11 is 1.78.